The number of hydrogen-bond donors (Lipinski definition) is 1. The number of nitrogens with zero attached hydrogens (tertiary/aromatic N) is 2. The Morgan fingerprint density at radius 2 is 2.28 bits per heavy atom. The topological polar surface area (TPSA) is 29.9 Å². The van der Waals surface area contributed by atoms with Gasteiger partial charge in [-0.15, -0.1) is 0 Å². The first-order valence-electron chi connectivity index (χ1n) is 6.26. The van der Waals surface area contributed by atoms with Crippen molar-refractivity contribution in [1.29, 1.82) is 0 Å². The molecule has 1 fully saturated rings. The van der Waals surface area contributed by atoms with E-state index in [0.717, 1.165) is 22.7 Å². The maximum Gasteiger partial charge on any atom is 0.0657 e. The van der Waals surface area contributed by atoms with Gasteiger partial charge in [0.2, 0.25) is 0 Å². The molecule has 3 nitrogen and oxygen atoms in total. The molecule has 2 aromatic rings. The fourth-order valence-corrected chi connectivity index (χ4v) is 2.42. The summed E-state index contributed by atoms with van der Waals surface area (Å²) in [5, 5.41) is 7.85. The molecule has 0 atom stereocenters. The van der Waals surface area contributed by atoms with Crippen molar-refractivity contribution in [3.63, 3.8) is 0 Å². The van der Waals surface area contributed by atoms with Gasteiger partial charge in [-0.1, -0.05) is 22.0 Å². The van der Waals surface area contributed by atoms with E-state index in [9.17, 15) is 0 Å². The maximum absolute atomic E-state index is 4.32. The van der Waals surface area contributed by atoms with Crippen LogP contribution in [-0.2, 0) is 6.54 Å². The fraction of sp³-hybridized carbons (Fsp3) is 0.357. The van der Waals surface area contributed by atoms with Gasteiger partial charge < -0.3 is 5.32 Å². The SMILES string of the molecule is Cc1cnn(-c2ccc(CNC3CC3)c(Br)c2)c1. The normalized spacial score (nSPS) is 15.0. The van der Waals surface area contributed by atoms with Crippen LogP contribution in [0, 0.1) is 6.92 Å². The van der Waals surface area contributed by atoms with Gasteiger partial charge in [0.25, 0.3) is 0 Å². The minimum absolute atomic E-state index is 0.741. The van der Waals surface area contributed by atoms with Crippen LogP contribution in [0.5, 0.6) is 0 Å². The second-order valence-electron chi connectivity index (χ2n) is 4.89. The van der Waals surface area contributed by atoms with Crippen molar-refractivity contribution >= 4 is 15.9 Å². The molecule has 1 saturated carbocycles. The summed E-state index contributed by atoms with van der Waals surface area (Å²) in [6.07, 6.45) is 6.55. The molecule has 94 valence electrons. The van der Waals surface area contributed by atoms with Crippen LogP contribution in [0.3, 0.4) is 0 Å². The molecule has 0 bridgehead atoms. The van der Waals surface area contributed by atoms with Crippen molar-refractivity contribution in [3.8, 4) is 5.69 Å². The molecule has 3 rings (SSSR count). The van der Waals surface area contributed by atoms with E-state index in [1.807, 2.05) is 24.0 Å². The van der Waals surface area contributed by atoms with Crippen LogP contribution in [0.4, 0.5) is 0 Å². The summed E-state index contributed by atoms with van der Waals surface area (Å²) >= 11 is 3.64. The van der Waals surface area contributed by atoms with Gasteiger partial charge in [0.15, 0.2) is 0 Å². The molecular formula is C14H16BrN3. The van der Waals surface area contributed by atoms with Crippen LogP contribution in [0.1, 0.15) is 24.0 Å². The third-order valence-electron chi connectivity index (χ3n) is 3.17. The zero-order chi connectivity index (χ0) is 12.5. The molecule has 4 heteroatoms. The molecule has 1 aromatic carbocycles. The van der Waals surface area contributed by atoms with E-state index in [4.69, 9.17) is 0 Å². The minimum Gasteiger partial charge on any atom is -0.310 e. The Morgan fingerprint density at radius 1 is 1.44 bits per heavy atom. The van der Waals surface area contributed by atoms with Crippen molar-refractivity contribution < 1.29 is 0 Å². The van der Waals surface area contributed by atoms with E-state index in [0.29, 0.717) is 0 Å². The number of rotatable bonds is 4. The highest BCUT2D eigenvalue weighted by Gasteiger charge is 2.20. The summed E-state index contributed by atoms with van der Waals surface area (Å²) in [7, 11) is 0. The van der Waals surface area contributed by atoms with E-state index >= 15 is 0 Å². The van der Waals surface area contributed by atoms with E-state index in [2.05, 4.69) is 44.5 Å². The lowest BCUT2D eigenvalue weighted by atomic mass is 10.2. The van der Waals surface area contributed by atoms with Crippen molar-refractivity contribution in [1.82, 2.24) is 15.1 Å². The van der Waals surface area contributed by atoms with Gasteiger partial charge in [0.05, 0.1) is 11.9 Å². The molecule has 0 unspecified atom stereocenters. The molecule has 0 radical (unpaired) electrons. The molecule has 18 heavy (non-hydrogen) atoms. The summed E-state index contributed by atoms with van der Waals surface area (Å²) < 4.78 is 3.04. The molecule has 1 aliphatic rings. The summed E-state index contributed by atoms with van der Waals surface area (Å²) in [5.41, 5.74) is 3.56. The van der Waals surface area contributed by atoms with E-state index in [1.54, 1.807) is 0 Å². The van der Waals surface area contributed by atoms with Crippen molar-refractivity contribution in [2.75, 3.05) is 0 Å². The Balaban J connectivity index is 1.79. The summed E-state index contributed by atoms with van der Waals surface area (Å²) in [6.45, 7) is 2.98. The van der Waals surface area contributed by atoms with Gasteiger partial charge in [-0.25, -0.2) is 4.68 Å². The Kier molecular flexibility index (Phi) is 3.22. The fourth-order valence-electron chi connectivity index (χ4n) is 1.92. The number of benzene rings is 1. The number of aromatic nitrogens is 2. The van der Waals surface area contributed by atoms with Crippen molar-refractivity contribution in [2.24, 2.45) is 0 Å². The molecule has 1 N–H and O–H groups in total. The average molecular weight is 306 g/mol. The lowest BCUT2D eigenvalue weighted by molar-refractivity contribution is 0.685. The predicted octanol–water partition coefficient (Wildman–Crippen LogP) is 3.20. The third kappa shape index (κ3) is 2.65. The van der Waals surface area contributed by atoms with Crippen molar-refractivity contribution in [2.45, 2.75) is 32.4 Å². The zero-order valence-corrected chi connectivity index (χ0v) is 11.9. The molecule has 1 aliphatic carbocycles. The quantitative estimate of drug-likeness (QED) is 0.940. The highest BCUT2D eigenvalue weighted by Crippen LogP contribution is 2.23. The standard InChI is InChI=1S/C14H16BrN3/c1-10-7-17-18(9-10)13-5-2-11(14(15)6-13)8-16-12-3-4-12/h2,5-7,9,12,16H,3-4,8H2,1H3. The van der Waals surface area contributed by atoms with Gasteiger partial charge in [-0.05, 0) is 43.0 Å². The maximum atomic E-state index is 4.32. The molecule has 0 aliphatic heterocycles. The van der Waals surface area contributed by atoms with E-state index < -0.39 is 0 Å². The molecular weight excluding hydrogens is 290 g/mol. The molecule has 1 heterocycles. The van der Waals surface area contributed by atoms with Crippen LogP contribution in [-0.4, -0.2) is 15.8 Å². The number of halogens is 1. The van der Waals surface area contributed by atoms with Gasteiger partial charge in [-0.2, -0.15) is 5.10 Å². The third-order valence-corrected chi connectivity index (χ3v) is 3.91. The van der Waals surface area contributed by atoms with Gasteiger partial charge in [-0.3, -0.25) is 0 Å². The van der Waals surface area contributed by atoms with Crippen molar-refractivity contribution in [3.05, 3.63) is 46.2 Å². The smallest absolute Gasteiger partial charge is 0.0657 e. The molecule has 0 spiro atoms. The number of nitrogens with one attached hydrogen (secondary N) is 1. The monoisotopic (exact) mass is 305 g/mol. The highest BCUT2D eigenvalue weighted by atomic mass is 79.9. The Morgan fingerprint density at radius 3 is 2.89 bits per heavy atom. The Bertz CT molecular complexity index is 558. The van der Waals surface area contributed by atoms with Crippen LogP contribution in [0.15, 0.2) is 35.1 Å². The largest absolute Gasteiger partial charge is 0.310 e. The van der Waals surface area contributed by atoms with Gasteiger partial charge >= 0.3 is 0 Å². The average Bonchev–Trinajstić information content (AvgIpc) is 3.08. The molecule has 0 saturated heterocycles. The first kappa shape index (κ1) is 11.9. The van der Waals surface area contributed by atoms with Gasteiger partial charge in [0, 0.05) is 23.3 Å². The minimum atomic E-state index is 0.741. The summed E-state index contributed by atoms with van der Waals surface area (Å²) in [5.74, 6) is 0. The lowest BCUT2D eigenvalue weighted by Gasteiger charge is -2.08. The zero-order valence-electron chi connectivity index (χ0n) is 10.4. The van der Waals surface area contributed by atoms with Crippen LogP contribution < -0.4 is 5.32 Å². The second-order valence-corrected chi connectivity index (χ2v) is 5.75. The molecule has 0 amide bonds. The van der Waals surface area contributed by atoms with Crippen LogP contribution in [0.2, 0.25) is 0 Å². The number of hydrogen-bond acceptors (Lipinski definition) is 2. The number of aryl methyl sites for hydroxylation is 1. The van der Waals surface area contributed by atoms with E-state index in [1.165, 1.54) is 24.0 Å². The highest BCUT2D eigenvalue weighted by molar-refractivity contribution is 9.10. The summed E-state index contributed by atoms with van der Waals surface area (Å²) in [6, 6.07) is 7.13. The Hall–Kier alpha value is -1.13. The lowest BCUT2D eigenvalue weighted by Crippen LogP contribution is -2.15. The van der Waals surface area contributed by atoms with E-state index in [-0.39, 0.29) is 0 Å². The predicted molar refractivity (Wildman–Crippen MR) is 75.9 cm³/mol. The summed E-state index contributed by atoms with van der Waals surface area (Å²) in [4.78, 5) is 0. The van der Waals surface area contributed by atoms with Gasteiger partial charge in [0.1, 0.15) is 0 Å². The van der Waals surface area contributed by atoms with Crippen LogP contribution >= 0.6 is 15.9 Å². The first-order valence-corrected chi connectivity index (χ1v) is 7.05. The second kappa shape index (κ2) is 4.86. The Labute approximate surface area is 115 Å². The van der Waals surface area contributed by atoms with Crippen LogP contribution in [0.25, 0.3) is 5.69 Å². The first-order chi connectivity index (χ1) is 8.72. The molecule has 1 aromatic heterocycles.